The fourth-order valence-electron chi connectivity index (χ4n) is 2.78. The highest BCUT2D eigenvalue weighted by Crippen LogP contribution is 2.13. The molecule has 1 aromatic heterocycles. The number of amides is 1. The van der Waals surface area contributed by atoms with Gasteiger partial charge in [-0.1, -0.05) is 12.1 Å². The summed E-state index contributed by atoms with van der Waals surface area (Å²) in [7, 11) is 0. The SMILES string of the molecule is C=CCN1CCCN(C(=O)c2cccc(-n3cnnn3)c2)CC1. The van der Waals surface area contributed by atoms with Gasteiger partial charge in [-0.3, -0.25) is 9.69 Å². The van der Waals surface area contributed by atoms with Gasteiger partial charge in [-0.2, -0.15) is 0 Å². The van der Waals surface area contributed by atoms with Crippen molar-refractivity contribution in [2.24, 2.45) is 0 Å². The molecule has 0 atom stereocenters. The number of hydrogen-bond donors (Lipinski definition) is 0. The van der Waals surface area contributed by atoms with E-state index in [1.807, 2.05) is 35.2 Å². The van der Waals surface area contributed by atoms with Crippen molar-refractivity contribution in [1.29, 1.82) is 0 Å². The average Bonchev–Trinajstić information content (AvgIpc) is 3.02. The van der Waals surface area contributed by atoms with Gasteiger partial charge in [0, 0.05) is 38.3 Å². The molecular weight excluding hydrogens is 292 g/mol. The minimum Gasteiger partial charge on any atom is -0.337 e. The molecule has 1 aromatic carbocycles. The summed E-state index contributed by atoms with van der Waals surface area (Å²) in [5, 5.41) is 11.1. The highest BCUT2D eigenvalue weighted by atomic mass is 16.2. The number of aromatic nitrogens is 4. The van der Waals surface area contributed by atoms with Gasteiger partial charge >= 0.3 is 0 Å². The van der Waals surface area contributed by atoms with Gasteiger partial charge in [-0.25, -0.2) is 4.68 Å². The van der Waals surface area contributed by atoms with E-state index < -0.39 is 0 Å². The molecule has 23 heavy (non-hydrogen) atoms. The first-order chi connectivity index (χ1) is 11.3. The van der Waals surface area contributed by atoms with Crippen molar-refractivity contribution in [2.45, 2.75) is 6.42 Å². The zero-order chi connectivity index (χ0) is 16.1. The molecule has 0 radical (unpaired) electrons. The maximum absolute atomic E-state index is 12.8. The lowest BCUT2D eigenvalue weighted by molar-refractivity contribution is 0.0762. The smallest absolute Gasteiger partial charge is 0.253 e. The highest BCUT2D eigenvalue weighted by Gasteiger charge is 2.20. The monoisotopic (exact) mass is 312 g/mol. The molecule has 0 saturated carbocycles. The maximum atomic E-state index is 12.8. The van der Waals surface area contributed by atoms with Crippen molar-refractivity contribution in [3.8, 4) is 5.69 Å². The van der Waals surface area contributed by atoms with Crippen molar-refractivity contribution >= 4 is 5.91 Å². The molecule has 1 saturated heterocycles. The zero-order valence-electron chi connectivity index (χ0n) is 13.0. The minimum atomic E-state index is 0.0559. The third kappa shape index (κ3) is 3.62. The largest absolute Gasteiger partial charge is 0.337 e. The van der Waals surface area contributed by atoms with Crippen molar-refractivity contribution < 1.29 is 4.79 Å². The van der Waals surface area contributed by atoms with Crippen molar-refractivity contribution in [1.82, 2.24) is 30.0 Å². The molecule has 1 aliphatic rings. The van der Waals surface area contributed by atoms with Crippen LogP contribution in [0.4, 0.5) is 0 Å². The van der Waals surface area contributed by atoms with Crippen LogP contribution in [-0.4, -0.2) is 68.6 Å². The summed E-state index contributed by atoms with van der Waals surface area (Å²) in [6.07, 6.45) is 4.40. The highest BCUT2D eigenvalue weighted by molar-refractivity contribution is 5.94. The molecule has 0 bridgehead atoms. The Kier molecular flexibility index (Phi) is 4.77. The molecule has 2 aromatic rings. The van der Waals surface area contributed by atoms with Gasteiger partial charge in [0.1, 0.15) is 6.33 Å². The van der Waals surface area contributed by atoms with Crippen LogP contribution in [0, 0.1) is 0 Å². The van der Waals surface area contributed by atoms with Gasteiger partial charge in [0.15, 0.2) is 0 Å². The van der Waals surface area contributed by atoms with E-state index in [9.17, 15) is 4.79 Å². The summed E-state index contributed by atoms with van der Waals surface area (Å²) < 4.78 is 1.55. The third-order valence-electron chi connectivity index (χ3n) is 3.97. The van der Waals surface area contributed by atoms with E-state index in [0.29, 0.717) is 5.56 Å². The van der Waals surface area contributed by atoms with E-state index >= 15 is 0 Å². The first kappa shape index (κ1) is 15.4. The van der Waals surface area contributed by atoms with Crippen molar-refractivity contribution in [2.75, 3.05) is 32.7 Å². The van der Waals surface area contributed by atoms with E-state index in [1.54, 1.807) is 4.68 Å². The summed E-state index contributed by atoms with van der Waals surface area (Å²) in [4.78, 5) is 17.0. The normalized spacial score (nSPS) is 16.1. The van der Waals surface area contributed by atoms with Crippen LogP contribution in [0.2, 0.25) is 0 Å². The predicted octanol–water partition coefficient (Wildman–Crippen LogP) is 0.996. The molecule has 0 unspecified atom stereocenters. The van der Waals surface area contributed by atoms with E-state index in [-0.39, 0.29) is 5.91 Å². The molecule has 1 fully saturated rings. The van der Waals surface area contributed by atoms with E-state index in [4.69, 9.17) is 0 Å². The van der Waals surface area contributed by atoms with Gasteiger partial charge < -0.3 is 4.90 Å². The second-order valence-corrected chi connectivity index (χ2v) is 5.54. The van der Waals surface area contributed by atoms with Crippen LogP contribution in [0.5, 0.6) is 0 Å². The third-order valence-corrected chi connectivity index (χ3v) is 3.97. The van der Waals surface area contributed by atoms with Crippen LogP contribution in [0.1, 0.15) is 16.8 Å². The summed E-state index contributed by atoms with van der Waals surface area (Å²) in [6, 6.07) is 7.39. The van der Waals surface area contributed by atoms with Crippen molar-refractivity contribution in [3.63, 3.8) is 0 Å². The Morgan fingerprint density at radius 1 is 1.26 bits per heavy atom. The number of benzene rings is 1. The molecule has 1 aliphatic heterocycles. The Balaban J connectivity index is 1.73. The zero-order valence-corrected chi connectivity index (χ0v) is 13.0. The number of hydrogen-bond acceptors (Lipinski definition) is 5. The lowest BCUT2D eigenvalue weighted by Crippen LogP contribution is -2.35. The number of tetrazole rings is 1. The maximum Gasteiger partial charge on any atom is 0.253 e. The first-order valence-corrected chi connectivity index (χ1v) is 7.74. The van der Waals surface area contributed by atoms with Crippen molar-refractivity contribution in [3.05, 3.63) is 48.8 Å². The van der Waals surface area contributed by atoms with Gasteiger partial charge in [0.2, 0.25) is 0 Å². The van der Waals surface area contributed by atoms with Crippen LogP contribution in [0.15, 0.2) is 43.2 Å². The lowest BCUT2D eigenvalue weighted by atomic mass is 10.1. The Labute approximate surface area is 135 Å². The fraction of sp³-hybridized carbons (Fsp3) is 0.375. The molecule has 7 heteroatoms. The number of nitrogens with zero attached hydrogens (tertiary/aromatic N) is 6. The molecule has 2 heterocycles. The van der Waals surface area contributed by atoms with Gasteiger partial charge in [0.25, 0.3) is 5.91 Å². The molecule has 1 amide bonds. The quantitative estimate of drug-likeness (QED) is 0.788. The van der Waals surface area contributed by atoms with Gasteiger partial charge in [-0.05, 0) is 35.0 Å². The topological polar surface area (TPSA) is 67.2 Å². The van der Waals surface area contributed by atoms with Gasteiger partial charge in [-0.15, -0.1) is 11.7 Å². The first-order valence-electron chi connectivity index (χ1n) is 7.74. The van der Waals surface area contributed by atoms with Gasteiger partial charge in [0.05, 0.1) is 5.69 Å². The van der Waals surface area contributed by atoms with E-state index in [2.05, 4.69) is 27.0 Å². The number of carbonyl (C=O) groups is 1. The van der Waals surface area contributed by atoms with Crippen LogP contribution in [-0.2, 0) is 0 Å². The molecule has 0 aliphatic carbocycles. The molecule has 7 nitrogen and oxygen atoms in total. The standard InChI is InChI=1S/C16H20N6O/c1-2-7-20-8-4-9-21(11-10-20)16(23)14-5-3-6-15(12-14)22-13-17-18-19-22/h2-3,5-6,12-13H,1,4,7-11H2. The van der Waals surface area contributed by atoms with Crippen LogP contribution < -0.4 is 0 Å². The summed E-state index contributed by atoms with van der Waals surface area (Å²) in [5.74, 6) is 0.0559. The number of rotatable bonds is 4. The minimum absolute atomic E-state index is 0.0559. The number of carbonyl (C=O) groups excluding carboxylic acids is 1. The Hall–Kier alpha value is -2.54. The average molecular weight is 312 g/mol. The fourth-order valence-corrected chi connectivity index (χ4v) is 2.78. The molecule has 3 rings (SSSR count). The summed E-state index contributed by atoms with van der Waals surface area (Å²) >= 11 is 0. The molecule has 0 spiro atoms. The van der Waals surface area contributed by atoms with E-state index in [0.717, 1.165) is 44.8 Å². The summed E-state index contributed by atoms with van der Waals surface area (Å²) in [5.41, 5.74) is 1.44. The predicted molar refractivity (Wildman–Crippen MR) is 86.3 cm³/mol. The Bertz CT molecular complexity index is 669. The molecule has 120 valence electrons. The van der Waals surface area contributed by atoms with Crippen LogP contribution >= 0.6 is 0 Å². The molecular formula is C16H20N6O. The van der Waals surface area contributed by atoms with Crippen LogP contribution in [0.25, 0.3) is 5.69 Å². The second-order valence-electron chi connectivity index (χ2n) is 5.54. The summed E-state index contributed by atoms with van der Waals surface area (Å²) in [6.45, 7) is 8.05. The Morgan fingerprint density at radius 3 is 2.96 bits per heavy atom. The van der Waals surface area contributed by atoms with Crippen LogP contribution in [0.3, 0.4) is 0 Å². The Morgan fingerprint density at radius 2 is 2.17 bits per heavy atom. The van der Waals surface area contributed by atoms with E-state index in [1.165, 1.54) is 6.33 Å². The second kappa shape index (κ2) is 7.15. The lowest BCUT2D eigenvalue weighted by Gasteiger charge is -2.21. The molecule has 0 N–H and O–H groups in total.